The lowest BCUT2D eigenvalue weighted by Crippen LogP contribution is -2.64. The van der Waals surface area contributed by atoms with Gasteiger partial charge in [0, 0.05) is 6.42 Å². The Hall–Kier alpha value is -0.660. The van der Waals surface area contributed by atoms with Crippen molar-refractivity contribution in [2.45, 2.75) is 294 Å². The summed E-state index contributed by atoms with van der Waals surface area (Å²) in [6, 6.07) is -1.02. The molecule has 6 unspecified atom stereocenters. The van der Waals surface area contributed by atoms with E-state index in [2.05, 4.69) is 19.2 Å². The zero-order valence-corrected chi connectivity index (χ0v) is 39.9. The number of amides is 1. The number of phosphoric ester groups is 1. The van der Waals surface area contributed by atoms with Gasteiger partial charge in [0.2, 0.25) is 5.91 Å². The molecule has 12 nitrogen and oxygen atoms in total. The van der Waals surface area contributed by atoms with Crippen molar-refractivity contribution in [2.75, 3.05) is 6.61 Å². The first kappa shape index (κ1) is 58.4. The maximum Gasteiger partial charge on any atom is 0.472 e. The van der Waals surface area contributed by atoms with Crippen LogP contribution in [0.2, 0.25) is 0 Å². The summed E-state index contributed by atoms with van der Waals surface area (Å²) in [4.78, 5) is 23.4. The van der Waals surface area contributed by atoms with Gasteiger partial charge in [0.05, 0.1) is 18.8 Å². The Morgan fingerprint density at radius 1 is 0.492 bits per heavy atom. The third-order valence-electron chi connectivity index (χ3n) is 12.7. The Balaban J connectivity index is 2.26. The second kappa shape index (κ2) is 38.6. The van der Waals surface area contributed by atoms with Gasteiger partial charge in [-0.05, 0) is 12.8 Å². The highest BCUT2D eigenvalue weighted by atomic mass is 31.2. The van der Waals surface area contributed by atoms with Crippen molar-refractivity contribution < 1.29 is 53.9 Å². The molecular formula is C48H96NO11P. The number of hydrogen-bond acceptors (Lipinski definition) is 10. The predicted molar refractivity (Wildman–Crippen MR) is 246 cm³/mol. The van der Waals surface area contributed by atoms with E-state index in [-0.39, 0.29) is 12.3 Å². The summed E-state index contributed by atoms with van der Waals surface area (Å²) < 4.78 is 22.9. The number of unbranched alkanes of at least 4 members (excludes halogenated alkanes) is 32. The van der Waals surface area contributed by atoms with Crippen LogP contribution < -0.4 is 5.32 Å². The van der Waals surface area contributed by atoms with E-state index in [1.807, 2.05) is 0 Å². The largest absolute Gasteiger partial charge is 0.472 e. The molecule has 0 aliphatic heterocycles. The molecule has 8 N–H and O–H groups in total. The molecule has 0 saturated heterocycles. The minimum absolute atomic E-state index is 0.242. The first-order chi connectivity index (χ1) is 29.4. The number of aliphatic hydroxyl groups is 6. The molecule has 1 amide bonds. The molecule has 0 bridgehead atoms. The summed E-state index contributed by atoms with van der Waals surface area (Å²) in [6.45, 7) is 3.88. The fraction of sp³-hybridized carbons (Fsp3) is 0.979. The first-order valence-corrected chi connectivity index (χ1v) is 27.0. The van der Waals surface area contributed by atoms with E-state index in [0.29, 0.717) is 19.3 Å². The van der Waals surface area contributed by atoms with Gasteiger partial charge in [-0.25, -0.2) is 4.57 Å². The van der Waals surface area contributed by atoms with E-state index in [9.17, 15) is 44.9 Å². The highest BCUT2D eigenvalue weighted by Gasteiger charge is 2.51. The van der Waals surface area contributed by atoms with Crippen molar-refractivity contribution in [1.29, 1.82) is 0 Å². The van der Waals surface area contributed by atoms with Crippen LogP contribution in [0.5, 0.6) is 0 Å². The summed E-state index contributed by atoms with van der Waals surface area (Å²) in [5, 5.41) is 64.0. The summed E-state index contributed by atoms with van der Waals surface area (Å²) in [6.07, 6.45) is 30.3. The van der Waals surface area contributed by atoms with E-state index in [1.54, 1.807) is 0 Å². The quantitative estimate of drug-likeness (QED) is 0.0214. The van der Waals surface area contributed by atoms with E-state index in [1.165, 1.54) is 167 Å². The fourth-order valence-corrected chi connectivity index (χ4v) is 9.46. The second-order valence-electron chi connectivity index (χ2n) is 18.4. The van der Waals surface area contributed by atoms with E-state index < -0.39 is 63.2 Å². The molecule has 1 aliphatic carbocycles. The van der Waals surface area contributed by atoms with Crippen LogP contribution in [0.15, 0.2) is 0 Å². The van der Waals surface area contributed by atoms with Crippen LogP contribution >= 0.6 is 7.82 Å². The van der Waals surface area contributed by atoms with Crippen LogP contribution in [0.4, 0.5) is 0 Å². The van der Waals surface area contributed by atoms with Gasteiger partial charge in [-0.1, -0.05) is 226 Å². The van der Waals surface area contributed by atoms with E-state index in [4.69, 9.17) is 9.05 Å². The lowest BCUT2D eigenvalue weighted by atomic mass is 9.85. The third-order valence-corrected chi connectivity index (χ3v) is 13.7. The Morgan fingerprint density at radius 3 is 1.13 bits per heavy atom. The molecule has 1 saturated carbocycles. The molecule has 1 fully saturated rings. The van der Waals surface area contributed by atoms with Gasteiger partial charge in [0.1, 0.15) is 36.6 Å². The van der Waals surface area contributed by atoms with Crippen molar-refractivity contribution in [3.63, 3.8) is 0 Å². The van der Waals surface area contributed by atoms with Crippen molar-refractivity contribution in [3.05, 3.63) is 0 Å². The Bertz CT molecular complexity index is 1040. The van der Waals surface area contributed by atoms with Gasteiger partial charge < -0.3 is 40.8 Å². The molecular weight excluding hydrogens is 797 g/mol. The lowest BCUT2D eigenvalue weighted by molar-refractivity contribution is -0.220. The average Bonchev–Trinajstić information content (AvgIpc) is 3.24. The monoisotopic (exact) mass is 894 g/mol. The Labute approximate surface area is 372 Å². The number of carbonyl (C=O) groups is 1. The number of hydrogen-bond donors (Lipinski definition) is 8. The van der Waals surface area contributed by atoms with Crippen molar-refractivity contribution >= 4 is 13.7 Å². The highest BCUT2D eigenvalue weighted by molar-refractivity contribution is 7.47. The van der Waals surface area contributed by atoms with Crippen LogP contribution in [0, 0.1) is 0 Å². The van der Waals surface area contributed by atoms with Gasteiger partial charge in [0.25, 0.3) is 0 Å². The summed E-state index contributed by atoms with van der Waals surface area (Å²) in [7, 11) is -5.05. The highest BCUT2D eigenvalue weighted by Crippen LogP contribution is 2.47. The lowest BCUT2D eigenvalue weighted by Gasteiger charge is -2.41. The number of phosphoric acid groups is 1. The third kappa shape index (κ3) is 30.2. The average molecular weight is 894 g/mol. The molecule has 1 rings (SSSR count). The molecule has 0 aromatic heterocycles. The standard InChI is InChI=1S/C48H96NO11P/c1-3-5-7-9-11-13-14-15-16-17-18-19-20-21-22-23-24-25-26-27-28-30-32-34-36-38-42(51)49-40(41(50)37-35-33-31-29-12-10-8-6-4-2)39-59-61(57,58)60-48-46(55)44(53)43(52)45(54)47(48)56/h40-41,43-48,50,52-56H,3-39H2,1-2H3,(H,49,51)(H,57,58)/t40-,41+,43?,44+,45?,46?,47?,48?/m0/s1. The molecule has 9 atom stereocenters. The van der Waals surface area contributed by atoms with Gasteiger partial charge >= 0.3 is 7.82 Å². The summed E-state index contributed by atoms with van der Waals surface area (Å²) >= 11 is 0. The molecule has 0 aromatic carbocycles. The van der Waals surface area contributed by atoms with Crippen LogP contribution in [0.3, 0.4) is 0 Å². The Morgan fingerprint density at radius 2 is 0.787 bits per heavy atom. The smallest absolute Gasteiger partial charge is 0.391 e. The van der Waals surface area contributed by atoms with Crippen LogP contribution in [-0.4, -0.2) is 96.8 Å². The minimum Gasteiger partial charge on any atom is -0.391 e. The predicted octanol–water partition coefficient (Wildman–Crippen LogP) is 10.2. The van der Waals surface area contributed by atoms with Crippen LogP contribution in [0.1, 0.15) is 245 Å². The number of nitrogens with one attached hydrogen (secondary N) is 1. The van der Waals surface area contributed by atoms with Gasteiger partial charge in [-0.3, -0.25) is 13.8 Å². The van der Waals surface area contributed by atoms with Crippen LogP contribution in [0.25, 0.3) is 0 Å². The van der Waals surface area contributed by atoms with Crippen LogP contribution in [-0.2, 0) is 18.4 Å². The second-order valence-corrected chi connectivity index (χ2v) is 19.8. The van der Waals surface area contributed by atoms with Gasteiger partial charge in [-0.15, -0.1) is 0 Å². The molecule has 61 heavy (non-hydrogen) atoms. The summed E-state index contributed by atoms with van der Waals surface area (Å²) in [5.74, 6) is -0.305. The fourth-order valence-electron chi connectivity index (χ4n) is 8.50. The number of rotatable bonds is 43. The first-order valence-electron chi connectivity index (χ1n) is 25.5. The molecule has 1 aliphatic rings. The van der Waals surface area contributed by atoms with E-state index in [0.717, 1.165) is 38.5 Å². The van der Waals surface area contributed by atoms with E-state index >= 15 is 0 Å². The topological polar surface area (TPSA) is 206 Å². The normalized spacial score (nSPS) is 22.6. The zero-order chi connectivity index (χ0) is 45.0. The van der Waals surface area contributed by atoms with Crippen molar-refractivity contribution in [2.24, 2.45) is 0 Å². The molecule has 0 aromatic rings. The Kier molecular flexibility index (Phi) is 36.9. The van der Waals surface area contributed by atoms with Crippen molar-refractivity contribution in [1.82, 2.24) is 5.32 Å². The maximum absolute atomic E-state index is 13.0. The number of carbonyl (C=O) groups excluding carboxylic acids is 1. The zero-order valence-electron chi connectivity index (χ0n) is 39.0. The molecule has 0 radical (unpaired) electrons. The molecule has 364 valence electrons. The molecule has 13 heteroatoms. The maximum atomic E-state index is 13.0. The molecule has 0 heterocycles. The van der Waals surface area contributed by atoms with Gasteiger partial charge in [-0.2, -0.15) is 0 Å². The SMILES string of the molecule is CCCCCCCCCCCCCCCCCCCCCCCCCCCC(=O)N[C@@H](COP(=O)(O)OC1C(O)C(O)C(O)[C@@H](O)C1O)[C@H](O)CCCCCCCCCCC. The number of aliphatic hydroxyl groups excluding tert-OH is 6. The van der Waals surface area contributed by atoms with Crippen molar-refractivity contribution in [3.8, 4) is 0 Å². The summed E-state index contributed by atoms with van der Waals surface area (Å²) in [5.41, 5.74) is 0. The molecule has 0 spiro atoms. The minimum atomic E-state index is -5.05. The van der Waals surface area contributed by atoms with Gasteiger partial charge in [0.15, 0.2) is 0 Å².